The molecule has 1 aromatic heterocycles. The van der Waals surface area contributed by atoms with Crippen LogP contribution in [0.25, 0.3) is 0 Å². The molecule has 6 nitrogen and oxygen atoms in total. The van der Waals surface area contributed by atoms with Crippen molar-refractivity contribution in [3.8, 4) is 5.75 Å². The van der Waals surface area contributed by atoms with Gasteiger partial charge in [0.15, 0.2) is 11.6 Å². The molecule has 0 aliphatic rings. The number of halogens is 1. The van der Waals surface area contributed by atoms with Crippen LogP contribution in [0.1, 0.15) is 5.56 Å². The Morgan fingerprint density at radius 2 is 1.91 bits per heavy atom. The summed E-state index contributed by atoms with van der Waals surface area (Å²) in [6.07, 6.45) is 1.21. The van der Waals surface area contributed by atoms with E-state index >= 15 is 0 Å². The zero-order valence-corrected chi connectivity index (χ0v) is 13.2. The van der Waals surface area contributed by atoms with Crippen LogP contribution in [-0.4, -0.2) is 25.9 Å². The minimum absolute atomic E-state index is 0.168. The molecule has 1 heterocycles. The number of rotatable bonds is 5. The van der Waals surface area contributed by atoms with E-state index in [2.05, 4.69) is 10.3 Å². The summed E-state index contributed by atoms with van der Waals surface area (Å²) in [6, 6.07) is 9.89. The molecule has 8 heteroatoms. The fraction of sp³-hybridized carbons (Fsp3) is 0.143. The standard InChI is InChI=1S/C14H13ClN2O4S/c1-10-2-5-12(6-3-10)21-9-13(18)17-11-4-7-14(16-8-11)22(15,19)20/h2-8H,9H2,1H3,(H,17,18). The number of hydrogen-bond acceptors (Lipinski definition) is 5. The summed E-state index contributed by atoms with van der Waals surface area (Å²) in [4.78, 5) is 15.4. The molecular weight excluding hydrogens is 328 g/mol. The highest BCUT2D eigenvalue weighted by Crippen LogP contribution is 2.15. The molecule has 2 aromatic rings. The maximum absolute atomic E-state index is 11.7. The van der Waals surface area contributed by atoms with Crippen molar-refractivity contribution in [2.24, 2.45) is 0 Å². The van der Waals surface area contributed by atoms with Gasteiger partial charge in [-0.25, -0.2) is 13.4 Å². The fourth-order valence-electron chi connectivity index (χ4n) is 1.58. The minimum Gasteiger partial charge on any atom is -0.484 e. The lowest BCUT2D eigenvalue weighted by Crippen LogP contribution is -2.20. The van der Waals surface area contributed by atoms with Crippen molar-refractivity contribution in [1.82, 2.24) is 4.98 Å². The second-order valence-corrected chi connectivity index (χ2v) is 6.99. The van der Waals surface area contributed by atoms with Gasteiger partial charge in [-0.2, -0.15) is 0 Å². The van der Waals surface area contributed by atoms with Crippen molar-refractivity contribution in [2.75, 3.05) is 11.9 Å². The zero-order valence-electron chi connectivity index (χ0n) is 11.6. The number of anilines is 1. The molecule has 1 aromatic carbocycles. The number of benzene rings is 1. The van der Waals surface area contributed by atoms with E-state index in [1.807, 2.05) is 19.1 Å². The van der Waals surface area contributed by atoms with Gasteiger partial charge >= 0.3 is 0 Å². The number of aromatic nitrogens is 1. The molecule has 116 valence electrons. The van der Waals surface area contributed by atoms with Crippen LogP contribution in [0, 0.1) is 6.92 Å². The van der Waals surface area contributed by atoms with Crippen LogP contribution in [-0.2, 0) is 13.8 Å². The molecule has 0 saturated heterocycles. The third kappa shape index (κ3) is 4.71. The van der Waals surface area contributed by atoms with Crippen molar-refractivity contribution in [3.05, 3.63) is 48.2 Å². The Bertz CT molecular complexity index is 758. The van der Waals surface area contributed by atoms with Crippen LogP contribution in [0.15, 0.2) is 47.6 Å². The van der Waals surface area contributed by atoms with Crippen LogP contribution in [0.2, 0.25) is 0 Å². The highest BCUT2D eigenvalue weighted by Gasteiger charge is 2.11. The number of carbonyl (C=O) groups excluding carboxylic acids is 1. The van der Waals surface area contributed by atoms with Crippen LogP contribution in [0.4, 0.5) is 5.69 Å². The van der Waals surface area contributed by atoms with E-state index in [4.69, 9.17) is 15.4 Å². The monoisotopic (exact) mass is 340 g/mol. The third-order valence-electron chi connectivity index (χ3n) is 2.66. The van der Waals surface area contributed by atoms with Gasteiger partial charge in [0.05, 0.1) is 11.9 Å². The van der Waals surface area contributed by atoms with E-state index in [9.17, 15) is 13.2 Å². The lowest BCUT2D eigenvalue weighted by atomic mass is 10.2. The van der Waals surface area contributed by atoms with E-state index in [0.29, 0.717) is 11.4 Å². The molecule has 1 amide bonds. The highest BCUT2D eigenvalue weighted by molar-refractivity contribution is 8.13. The summed E-state index contributed by atoms with van der Waals surface area (Å²) in [5.74, 6) is 0.200. The number of hydrogen-bond donors (Lipinski definition) is 1. The SMILES string of the molecule is Cc1ccc(OCC(=O)Nc2ccc(S(=O)(=O)Cl)nc2)cc1. The number of aryl methyl sites for hydroxylation is 1. The second-order valence-electron chi connectivity index (χ2n) is 4.47. The van der Waals surface area contributed by atoms with E-state index in [0.717, 1.165) is 5.56 Å². The van der Waals surface area contributed by atoms with Crippen molar-refractivity contribution in [2.45, 2.75) is 11.9 Å². The average molecular weight is 341 g/mol. The van der Waals surface area contributed by atoms with Gasteiger partial charge in [0, 0.05) is 10.7 Å². The van der Waals surface area contributed by atoms with E-state index in [-0.39, 0.29) is 17.5 Å². The lowest BCUT2D eigenvalue weighted by molar-refractivity contribution is -0.118. The molecule has 0 spiro atoms. The van der Waals surface area contributed by atoms with E-state index < -0.39 is 9.05 Å². The third-order valence-corrected chi connectivity index (χ3v) is 3.88. The molecule has 2 rings (SSSR count). The van der Waals surface area contributed by atoms with Gasteiger partial charge in [0.25, 0.3) is 15.0 Å². The Kier molecular flexibility index (Phi) is 4.99. The Labute approximate surface area is 132 Å². The topological polar surface area (TPSA) is 85.4 Å². The molecule has 0 atom stereocenters. The summed E-state index contributed by atoms with van der Waals surface area (Å²) in [5.41, 5.74) is 1.44. The average Bonchev–Trinajstić information content (AvgIpc) is 2.46. The quantitative estimate of drug-likeness (QED) is 0.844. The molecule has 0 bridgehead atoms. The molecule has 1 N–H and O–H groups in total. The molecule has 0 aliphatic carbocycles. The van der Waals surface area contributed by atoms with Gasteiger partial charge in [-0.3, -0.25) is 4.79 Å². The minimum atomic E-state index is -3.87. The Balaban J connectivity index is 1.90. The fourth-order valence-corrected chi connectivity index (χ4v) is 2.26. The van der Waals surface area contributed by atoms with Gasteiger partial charge in [-0.15, -0.1) is 0 Å². The van der Waals surface area contributed by atoms with Crippen molar-refractivity contribution >= 4 is 31.3 Å². The predicted molar refractivity (Wildman–Crippen MR) is 82.6 cm³/mol. The number of ether oxygens (including phenoxy) is 1. The summed E-state index contributed by atoms with van der Waals surface area (Å²) in [7, 11) is 1.27. The van der Waals surface area contributed by atoms with Gasteiger partial charge in [0.1, 0.15) is 5.75 Å². The first kappa shape index (κ1) is 16.3. The highest BCUT2D eigenvalue weighted by atomic mass is 35.7. The smallest absolute Gasteiger partial charge is 0.278 e. The summed E-state index contributed by atoms with van der Waals surface area (Å²) in [5, 5.41) is 2.26. The van der Waals surface area contributed by atoms with Gasteiger partial charge < -0.3 is 10.1 Å². The first-order valence-corrected chi connectivity index (χ1v) is 8.55. The second kappa shape index (κ2) is 6.76. The molecule has 0 fully saturated rings. The zero-order chi connectivity index (χ0) is 16.2. The lowest BCUT2D eigenvalue weighted by Gasteiger charge is -2.07. The molecule has 22 heavy (non-hydrogen) atoms. The normalized spacial score (nSPS) is 11.0. The first-order chi connectivity index (χ1) is 10.3. The van der Waals surface area contributed by atoms with Crippen LogP contribution >= 0.6 is 10.7 Å². The van der Waals surface area contributed by atoms with E-state index in [1.165, 1.54) is 18.3 Å². The predicted octanol–water partition coefficient (Wildman–Crippen LogP) is 2.34. The number of amides is 1. The molecule has 0 aliphatic heterocycles. The van der Waals surface area contributed by atoms with Crippen molar-refractivity contribution in [3.63, 3.8) is 0 Å². The van der Waals surface area contributed by atoms with Crippen molar-refractivity contribution in [1.29, 1.82) is 0 Å². The molecular formula is C14H13ClN2O4S. The summed E-state index contributed by atoms with van der Waals surface area (Å²) in [6.45, 7) is 1.78. The summed E-state index contributed by atoms with van der Waals surface area (Å²) >= 11 is 0. The van der Waals surface area contributed by atoms with Crippen LogP contribution in [0.3, 0.4) is 0 Å². The Hall–Kier alpha value is -2.12. The van der Waals surface area contributed by atoms with Crippen LogP contribution in [0.5, 0.6) is 5.75 Å². The van der Waals surface area contributed by atoms with Crippen molar-refractivity contribution < 1.29 is 17.9 Å². The molecule has 0 radical (unpaired) electrons. The maximum atomic E-state index is 11.7. The van der Waals surface area contributed by atoms with Gasteiger partial charge in [-0.1, -0.05) is 17.7 Å². The number of carbonyl (C=O) groups is 1. The largest absolute Gasteiger partial charge is 0.484 e. The maximum Gasteiger partial charge on any atom is 0.278 e. The van der Waals surface area contributed by atoms with E-state index in [1.54, 1.807) is 12.1 Å². The molecule has 0 saturated carbocycles. The number of nitrogens with one attached hydrogen (secondary N) is 1. The van der Waals surface area contributed by atoms with Gasteiger partial charge in [0.2, 0.25) is 0 Å². The Morgan fingerprint density at radius 1 is 1.23 bits per heavy atom. The molecule has 0 unspecified atom stereocenters. The first-order valence-electron chi connectivity index (χ1n) is 6.24. The van der Waals surface area contributed by atoms with Crippen LogP contribution < -0.4 is 10.1 Å². The van der Waals surface area contributed by atoms with Gasteiger partial charge in [-0.05, 0) is 31.2 Å². The Morgan fingerprint density at radius 3 is 2.45 bits per heavy atom. The summed E-state index contributed by atoms with van der Waals surface area (Å²) < 4.78 is 27.4. The number of pyridine rings is 1. The number of nitrogens with zero attached hydrogens (tertiary/aromatic N) is 1.